The largest absolute Gasteiger partial charge is 0.298 e. The molecule has 38 heavy (non-hydrogen) atoms. The van der Waals surface area contributed by atoms with Gasteiger partial charge >= 0.3 is 0 Å². The van der Waals surface area contributed by atoms with Gasteiger partial charge in [-0.3, -0.25) is 19.7 Å². The van der Waals surface area contributed by atoms with Crippen LogP contribution in [0.2, 0.25) is 0 Å². The van der Waals surface area contributed by atoms with E-state index in [1.165, 1.54) is 16.6 Å². The summed E-state index contributed by atoms with van der Waals surface area (Å²) < 4.78 is 55.4. The molecule has 6 nitrogen and oxygen atoms in total. The molecule has 0 bridgehead atoms. The van der Waals surface area contributed by atoms with Crippen molar-refractivity contribution in [2.24, 2.45) is 0 Å². The number of H-pyrrole nitrogens is 1. The van der Waals surface area contributed by atoms with E-state index >= 15 is 0 Å². The lowest BCUT2D eigenvalue weighted by molar-refractivity contribution is 0.198. The van der Waals surface area contributed by atoms with Crippen molar-refractivity contribution in [1.29, 1.82) is 0 Å². The number of nitrogens with zero attached hydrogens (tertiary/aromatic N) is 4. The fourth-order valence-electron chi connectivity index (χ4n) is 5.65. The van der Waals surface area contributed by atoms with Crippen LogP contribution < -0.4 is 5.56 Å². The topological polar surface area (TPSA) is 56.6 Å². The van der Waals surface area contributed by atoms with Gasteiger partial charge in [0, 0.05) is 56.8 Å². The van der Waals surface area contributed by atoms with Crippen LogP contribution in [0.4, 0.5) is 17.6 Å². The Labute approximate surface area is 216 Å². The Balaban J connectivity index is 1.20. The standard InChI is InChI=1S/C28H27F4N5O/c29-21-5-3-17(10-23(21)31)13-35-8-1-2-19(15-35)26-12-27-33-25-7-9-36(16-20(25)28(38)37(27)34-26)14-18-4-6-22(30)24(32)11-18/h3-6,10-12,19,34H,1-2,7-9,13-16H2/t19-/m1/s1. The minimum Gasteiger partial charge on any atom is -0.298 e. The zero-order valence-corrected chi connectivity index (χ0v) is 20.7. The molecule has 198 valence electrons. The first-order chi connectivity index (χ1) is 18.3. The second kappa shape index (κ2) is 9.99. The summed E-state index contributed by atoms with van der Waals surface area (Å²) in [5, 5.41) is 3.26. The second-order valence-electron chi connectivity index (χ2n) is 10.3. The number of piperidine rings is 1. The average Bonchev–Trinajstić information content (AvgIpc) is 3.34. The molecule has 0 amide bonds. The van der Waals surface area contributed by atoms with E-state index in [0.29, 0.717) is 49.4 Å². The third kappa shape index (κ3) is 4.86. The number of halogens is 4. The molecular weight excluding hydrogens is 498 g/mol. The number of aromatic nitrogens is 3. The zero-order valence-electron chi connectivity index (χ0n) is 20.7. The van der Waals surface area contributed by atoms with E-state index in [9.17, 15) is 22.4 Å². The predicted molar refractivity (Wildman–Crippen MR) is 134 cm³/mol. The van der Waals surface area contributed by atoms with Gasteiger partial charge in [-0.1, -0.05) is 12.1 Å². The monoisotopic (exact) mass is 525 g/mol. The van der Waals surface area contributed by atoms with Gasteiger partial charge in [-0.15, -0.1) is 0 Å². The number of rotatable bonds is 5. The summed E-state index contributed by atoms with van der Waals surface area (Å²) in [5.41, 5.74) is 4.09. The molecule has 10 heteroatoms. The molecule has 1 saturated heterocycles. The van der Waals surface area contributed by atoms with Gasteiger partial charge in [0.05, 0.1) is 11.3 Å². The van der Waals surface area contributed by atoms with E-state index in [0.717, 1.165) is 55.0 Å². The summed E-state index contributed by atoms with van der Waals surface area (Å²) in [6.07, 6.45) is 2.48. The quantitative estimate of drug-likeness (QED) is 0.390. The molecule has 4 aromatic rings. The maximum Gasteiger partial charge on any atom is 0.277 e. The molecule has 0 saturated carbocycles. The van der Waals surface area contributed by atoms with Gasteiger partial charge in [-0.2, -0.15) is 0 Å². The van der Waals surface area contributed by atoms with Crippen molar-refractivity contribution < 1.29 is 17.6 Å². The molecule has 2 aliphatic rings. The Morgan fingerprint density at radius 1 is 0.868 bits per heavy atom. The Hall–Kier alpha value is -3.50. The van der Waals surface area contributed by atoms with Crippen molar-refractivity contribution >= 4 is 5.65 Å². The van der Waals surface area contributed by atoms with E-state index in [1.807, 2.05) is 11.0 Å². The van der Waals surface area contributed by atoms with Crippen LogP contribution in [0, 0.1) is 23.3 Å². The van der Waals surface area contributed by atoms with Crippen LogP contribution in [0.3, 0.4) is 0 Å². The fourth-order valence-corrected chi connectivity index (χ4v) is 5.65. The summed E-state index contributed by atoms with van der Waals surface area (Å²) in [4.78, 5) is 22.4. The zero-order chi connectivity index (χ0) is 26.4. The van der Waals surface area contributed by atoms with Crippen molar-refractivity contribution in [3.05, 3.63) is 104 Å². The first-order valence-corrected chi connectivity index (χ1v) is 12.8. The normalized spacial score (nSPS) is 18.7. The third-order valence-corrected chi connectivity index (χ3v) is 7.59. The highest BCUT2D eigenvalue weighted by atomic mass is 19.2. The Bertz CT molecular complexity index is 1570. The number of benzene rings is 2. The van der Waals surface area contributed by atoms with E-state index in [2.05, 4.69) is 10.00 Å². The molecule has 1 N–H and O–H groups in total. The van der Waals surface area contributed by atoms with Crippen LogP contribution in [-0.4, -0.2) is 44.0 Å². The molecule has 0 radical (unpaired) electrons. The molecule has 6 rings (SSSR count). The minimum absolute atomic E-state index is 0.150. The summed E-state index contributed by atoms with van der Waals surface area (Å²) in [5.74, 6) is -3.30. The van der Waals surface area contributed by atoms with Crippen LogP contribution in [-0.2, 0) is 26.1 Å². The van der Waals surface area contributed by atoms with Crippen molar-refractivity contribution in [1.82, 2.24) is 24.4 Å². The highest BCUT2D eigenvalue weighted by molar-refractivity contribution is 5.43. The maximum atomic E-state index is 13.7. The highest BCUT2D eigenvalue weighted by Crippen LogP contribution is 2.28. The lowest BCUT2D eigenvalue weighted by Gasteiger charge is -2.32. The number of hydrogen-bond acceptors (Lipinski definition) is 4. The van der Waals surface area contributed by atoms with E-state index in [1.54, 1.807) is 12.1 Å². The van der Waals surface area contributed by atoms with Crippen molar-refractivity contribution in [2.75, 3.05) is 19.6 Å². The van der Waals surface area contributed by atoms with Gasteiger partial charge in [-0.05, 0) is 54.8 Å². The smallest absolute Gasteiger partial charge is 0.277 e. The Morgan fingerprint density at radius 3 is 2.24 bits per heavy atom. The summed E-state index contributed by atoms with van der Waals surface area (Å²) >= 11 is 0. The average molecular weight is 526 g/mol. The summed E-state index contributed by atoms with van der Waals surface area (Å²) in [7, 11) is 0. The maximum absolute atomic E-state index is 13.7. The van der Waals surface area contributed by atoms with Gasteiger partial charge in [0.25, 0.3) is 5.56 Å². The first-order valence-electron chi connectivity index (χ1n) is 12.8. The molecule has 1 fully saturated rings. The van der Waals surface area contributed by atoms with Crippen LogP contribution in [0.1, 0.15) is 46.8 Å². The number of likely N-dealkylation sites (tertiary alicyclic amines) is 1. The van der Waals surface area contributed by atoms with Gasteiger partial charge in [0.1, 0.15) is 0 Å². The van der Waals surface area contributed by atoms with Gasteiger partial charge in [-0.25, -0.2) is 27.1 Å². The predicted octanol–water partition coefficient (Wildman–Crippen LogP) is 4.52. The molecule has 0 spiro atoms. The molecule has 4 heterocycles. The van der Waals surface area contributed by atoms with Crippen LogP contribution in [0.5, 0.6) is 0 Å². The number of fused-ring (bicyclic) bond motifs is 2. The molecule has 2 aromatic carbocycles. The van der Waals surface area contributed by atoms with Crippen molar-refractivity contribution in [2.45, 2.75) is 44.8 Å². The molecule has 1 atom stereocenters. The lowest BCUT2D eigenvalue weighted by atomic mass is 9.94. The molecule has 2 aromatic heterocycles. The lowest BCUT2D eigenvalue weighted by Crippen LogP contribution is -2.36. The third-order valence-electron chi connectivity index (χ3n) is 7.59. The van der Waals surface area contributed by atoms with E-state index in [-0.39, 0.29) is 11.5 Å². The Kier molecular flexibility index (Phi) is 6.53. The van der Waals surface area contributed by atoms with Crippen molar-refractivity contribution in [3.8, 4) is 0 Å². The Morgan fingerprint density at radius 2 is 1.55 bits per heavy atom. The highest BCUT2D eigenvalue weighted by Gasteiger charge is 2.26. The van der Waals surface area contributed by atoms with Crippen LogP contribution in [0.25, 0.3) is 5.65 Å². The van der Waals surface area contributed by atoms with E-state index in [4.69, 9.17) is 4.98 Å². The van der Waals surface area contributed by atoms with E-state index < -0.39 is 23.3 Å². The fraction of sp³-hybridized carbons (Fsp3) is 0.357. The van der Waals surface area contributed by atoms with Gasteiger partial charge < -0.3 is 0 Å². The van der Waals surface area contributed by atoms with Gasteiger partial charge in [0.2, 0.25) is 0 Å². The number of nitrogens with one attached hydrogen (secondary N) is 1. The number of hydrogen-bond donors (Lipinski definition) is 1. The van der Waals surface area contributed by atoms with Crippen molar-refractivity contribution in [3.63, 3.8) is 0 Å². The van der Waals surface area contributed by atoms with Crippen LogP contribution in [0.15, 0.2) is 47.3 Å². The SMILES string of the molecule is O=c1c2c(nc3cc([C@@H]4CCCN(Cc5ccc(F)c(F)c5)C4)[nH]n13)CCN(Cc1ccc(F)c(F)c1)C2. The second-order valence-corrected chi connectivity index (χ2v) is 10.3. The molecular formula is C28H27F4N5O. The van der Waals surface area contributed by atoms with Crippen LogP contribution >= 0.6 is 0 Å². The molecule has 0 aliphatic carbocycles. The minimum atomic E-state index is -0.881. The summed E-state index contributed by atoms with van der Waals surface area (Å²) in [6, 6.07) is 9.80. The molecule has 2 aliphatic heterocycles. The first kappa shape index (κ1) is 24.8. The number of aromatic amines is 1. The summed E-state index contributed by atoms with van der Waals surface area (Å²) in [6.45, 7) is 3.55. The van der Waals surface area contributed by atoms with Gasteiger partial charge in [0.15, 0.2) is 28.9 Å². The molecule has 0 unspecified atom stereocenters.